The van der Waals surface area contributed by atoms with E-state index in [9.17, 15) is 4.79 Å². The van der Waals surface area contributed by atoms with Crippen molar-refractivity contribution in [2.45, 2.75) is 25.0 Å². The number of nitrogens with zero attached hydrogens (tertiary/aromatic N) is 2. The Balaban J connectivity index is 0.00000200. The zero-order chi connectivity index (χ0) is 13.7. The minimum Gasteiger partial charge on any atom is -0.368 e. The lowest BCUT2D eigenvalue weighted by atomic mass is 9.90. The molecular formula is C14H23Cl2N3O2. The zero-order valence-electron chi connectivity index (χ0n) is 12.4. The number of amides is 1. The maximum absolute atomic E-state index is 12.6. The van der Waals surface area contributed by atoms with Crippen LogP contribution in [0.1, 0.15) is 18.5 Å². The number of methoxy groups -OCH3 is 1. The first-order valence-corrected chi connectivity index (χ1v) is 6.59. The second kappa shape index (κ2) is 9.20. The second-order valence-corrected chi connectivity index (χ2v) is 4.93. The van der Waals surface area contributed by atoms with Crippen LogP contribution in [-0.2, 0) is 16.1 Å². The highest BCUT2D eigenvalue weighted by Gasteiger charge is 2.41. The lowest BCUT2D eigenvalue weighted by Crippen LogP contribution is -2.54. The van der Waals surface area contributed by atoms with Gasteiger partial charge in [0.05, 0.1) is 12.2 Å². The molecule has 120 valence electrons. The van der Waals surface area contributed by atoms with Crippen molar-refractivity contribution in [2.75, 3.05) is 27.2 Å². The topological polar surface area (TPSA) is 54.5 Å². The molecular weight excluding hydrogens is 313 g/mol. The van der Waals surface area contributed by atoms with Crippen LogP contribution in [0.2, 0.25) is 0 Å². The SMILES string of the molecule is COC1(C(=O)N(C)Cc2ccccn2)CCNCC1.Cl.Cl. The first kappa shape index (κ1) is 20.1. The number of hydrogen-bond donors (Lipinski definition) is 1. The highest BCUT2D eigenvalue weighted by Crippen LogP contribution is 2.25. The van der Waals surface area contributed by atoms with Crippen LogP contribution < -0.4 is 5.32 Å². The number of nitrogens with one attached hydrogen (secondary N) is 1. The summed E-state index contributed by atoms with van der Waals surface area (Å²) < 4.78 is 5.55. The maximum atomic E-state index is 12.6. The molecule has 0 bridgehead atoms. The van der Waals surface area contributed by atoms with E-state index in [4.69, 9.17) is 4.74 Å². The van der Waals surface area contributed by atoms with Gasteiger partial charge in [-0.2, -0.15) is 0 Å². The quantitative estimate of drug-likeness (QED) is 0.909. The molecule has 1 aliphatic rings. The number of carbonyl (C=O) groups excluding carboxylic acids is 1. The van der Waals surface area contributed by atoms with Crippen LogP contribution in [0.3, 0.4) is 0 Å². The summed E-state index contributed by atoms with van der Waals surface area (Å²) in [6.07, 6.45) is 3.17. The van der Waals surface area contributed by atoms with E-state index in [0.29, 0.717) is 6.54 Å². The lowest BCUT2D eigenvalue weighted by molar-refractivity contribution is -0.157. The molecule has 0 radical (unpaired) electrons. The normalized spacial score (nSPS) is 16.3. The molecule has 1 N–H and O–H groups in total. The number of pyridine rings is 1. The molecule has 7 heteroatoms. The minimum absolute atomic E-state index is 0. The van der Waals surface area contributed by atoms with Gasteiger partial charge in [-0.15, -0.1) is 24.8 Å². The number of halogens is 2. The fraction of sp³-hybridized carbons (Fsp3) is 0.571. The largest absolute Gasteiger partial charge is 0.368 e. The van der Waals surface area contributed by atoms with Crippen molar-refractivity contribution < 1.29 is 9.53 Å². The summed E-state index contributed by atoms with van der Waals surface area (Å²) in [5, 5.41) is 3.25. The number of carbonyl (C=O) groups is 1. The average molecular weight is 336 g/mol. The molecule has 0 saturated carbocycles. The van der Waals surface area contributed by atoms with Crippen molar-refractivity contribution in [3.8, 4) is 0 Å². The molecule has 1 aromatic heterocycles. The van der Waals surface area contributed by atoms with Gasteiger partial charge in [0, 0.05) is 20.4 Å². The number of hydrogen-bond acceptors (Lipinski definition) is 4. The van der Waals surface area contributed by atoms with Gasteiger partial charge in [-0.25, -0.2) is 0 Å². The van der Waals surface area contributed by atoms with Crippen molar-refractivity contribution in [3.63, 3.8) is 0 Å². The Kier molecular flexibility index (Phi) is 8.82. The van der Waals surface area contributed by atoms with Gasteiger partial charge in [-0.3, -0.25) is 9.78 Å². The van der Waals surface area contributed by atoms with Crippen LogP contribution in [0.4, 0.5) is 0 Å². The van der Waals surface area contributed by atoms with E-state index in [1.54, 1.807) is 25.3 Å². The minimum atomic E-state index is -0.672. The molecule has 21 heavy (non-hydrogen) atoms. The Bertz CT molecular complexity index is 425. The molecule has 2 rings (SSSR count). The van der Waals surface area contributed by atoms with E-state index < -0.39 is 5.60 Å². The Labute approximate surface area is 138 Å². The number of aromatic nitrogens is 1. The molecule has 1 aliphatic heterocycles. The molecule has 1 aromatic rings. The Morgan fingerprint density at radius 3 is 2.57 bits per heavy atom. The zero-order valence-corrected chi connectivity index (χ0v) is 14.0. The molecule has 0 spiro atoms. The fourth-order valence-corrected chi connectivity index (χ4v) is 2.49. The molecule has 0 aliphatic carbocycles. The van der Waals surface area contributed by atoms with Gasteiger partial charge in [0.15, 0.2) is 0 Å². The van der Waals surface area contributed by atoms with Crippen molar-refractivity contribution in [1.29, 1.82) is 0 Å². The molecule has 5 nitrogen and oxygen atoms in total. The summed E-state index contributed by atoms with van der Waals surface area (Å²) in [5.41, 5.74) is 0.216. The summed E-state index contributed by atoms with van der Waals surface area (Å²) >= 11 is 0. The Morgan fingerprint density at radius 2 is 2.05 bits per heavy atom. The molecule has 1 saturated heterocycles. The molecule has 0 aromatic carbocycles. The van der Waals surface area contributed by atoms with E-state index in [2.05, 4.69) is 10.3 Å². The van der Waals surface area contributed by atoms with Gasteiger partial charge in [0.2, 0.25) is 0 Å². The summed E-state index contributed by atoms with van der Waals surface area (Å²) in [6.45, 7) is 2.15. The second-order valence-electron chi connectivity index (χ2n) is 4.93. The average Bonchev–Trinajstić information content (AvgIpc) is 2.48. The highest BCUT2D eigenvalue weighted by molar-refractivity contribution is 5.86. The number of ether oxygens (including phenoxy) is 1. The fourth-order valence-electron chi connectivity index (χ4n) is 2.49. The van der Waals surface area contributed by atoms with E-state index in [-0.39, 0.29) is 30.7 Å². The van der Waals surface area contributed by atoms with Crippen LogP contribution in [-0.4, -0.2) is 48.6 Å². The first-order chi connectivity index (χ1) is 9.18. The summed E-state index contributed by atoms with van der Waals surface area (Å²) in [6, 6.07) is 5.72. The first-order valence-electron chi connectivity index (χ1n) is 6.59. The molecule has 0 unspecified atom stereocenters. The molecule has 2 heterocycles. The van der Waals surface area contributed by atoms with Crippen molar-refractivity contribution in [1.82, 2.24) is 15.2 Å². The molecule has 1 amide bonds. The number of piperidine rings is 1. The van der Waals surface area contributed by atoms with Crippen molar-refractivity contribution >= 4 is 30.7 Å². The maximum Gasteiger partial charge on any atom is 0.255 e. The van der Waals surface area contributed by atoms with Gasteiger partial charge in [-0.1, -0.05) is 6.07 Å². The van der Waals surface area contributed by atoms with E-state index in [1.807, 2.05) is 18.2 Å². The van der Waals surface area contributed by atoms with Crippen LogP contribution in [0.25, 0.3) is 0 Å². The summed E-state index contributed by atoms with van der Waals surface area (Å²) in [4.78, 5) is 18.6. The van der Waals surface area contributed by atoms with Gasteiger partial charge in [0.25, 0.3) is 5.91 Å². The predicted molar refractivity (Wildman–Crippen MR) is 87.1 cm³/mol. The van der Waals surface area contributed by atoms with Gasteiger partial charge >= 0.3 is 0 Å². The van der Waals surface area contributed by atoms with Gasteiger partial charge in [-0.05, 0) is 38.1 Å². The smallest absolute Gasteiger partial charge is 0.255 e. The Hall–Kier alpha value is -0.880. The lowest BCUT2D eigenvalue weighted by Gasteiger charge is -2.37. The summed E-state index contributed by atoms with van der Waals surface area (Å²) in [5.74, 6) is 0.0437. The third-order valence-corrected chi connectivity index (χ3v) is 3.66. The molecule has 0 atom stereocenters. The van der Waals surface area contributed by atoms with Gasteiger partial charge < -0.3 is 15.0 Å². The van der Waals surface area contributed by atoms with Crippen LogP contribution in [0.15, 0.2) is 24.4 Å². The Morgan fingerprint density at radius 1 is 1.38 bits per heavy atom. The van der Waals surface area contributed by atoms with Crippen molar-refractivity contribution in [3.05, 3.63) is 30.1 Å². The number of rotatable bonds is 4. The van der Waals surface area contributed by atoms with E-state index >= 15 is 0 Å². The van der Waals surface area contributed by atoms with Crippen LogP contribution in [0, 0.1) is 0 Å². The third-order valence-electron chi connectivity index (χ3n) is 3.66. The van der Waals surface area contributed by atoms with Crippen LogP contribution in [0.5, 0.6) is 0 Å². The van der Waals surface area contributed by atoms with Gasteiger partial charge in [0.1, 0.15) is 5.60 Å². The standard InChI is InChI=1S/C14H21N3O2.2ClH/c1-17(11-12-5-3-4-8-16-12)13(18)14(19-2)6-9-15-10-7-14;;/h3-5,8,15H,6-7,9-11H2,1-2H3;2*1H. The third kappa shape index (κ3) is 4.81. The van der Waals surface area contributed by atoms with Crippen molar-refractivity contribution in [2.24, 2.45) is 0 Å². The molecule has 1 fully saturated rings. The van der Waals surface area contributed by atoms with Crippen LogP contribution >= 0.6 is 24.8 Å². The van der Waals surface area contributed by atoms with E-state index in [0.717, 1.165) is 31.6 Å². The van der Waals surface area contributed by atoms with E-state index in [1.165, 1.54) is 0 Å². The predicted octanol–water partition coefficient (Wildman–Crippen LogP) is 1.65. The number of likely N-dealkylation sites (N-methyl/N-ethyl adjacent to an activating group) is 1. The monoisotopic (exact) mass is 335 g/mol. The summed E-state index contributed by atoms with van der Waals surface area (Å²) in [7, 11) is 3.43. The highest BCUT2D eigenvalue weighted by atomic mass is 35.5.